The van der Waals surface area contributed by atoms with Crippen LogP contribution in [0.2, 0.25) is 5.02 Å². The summed E-state index contributed by atoms with van der Waals surface area (Å²) in [6, 6.07) is 17.5. The predicted molar refractivity (Wildman–Crippen MR) is 118 cm³/mol. The number of aromatic nitrogens is 2. The molecular formula is C24H23ClN2O3. The lowest BCUT2D eigenvalue weighted by molar-refractivity contribution is 0.137. The minimum absolute atomic E-state index is 0.257. The summed E-state index contributed by atoms with van der Waals surface area (Å²) in [5, 5.41) is 1.74. The molecule has 1 unspecified atom stereocenters. The molecular weight excluding hydrogens is 400 g/mol. The van der Waals surface area contributed by atoms with Crippen LogP contribution in [0.15, 0.2) is 67.0 Å². The van der Waals surface area contributed by atoms with E-state index in [2.05, 4.69) is 9.97 Å². The fraction of sp³-hybridized carbons (Fsp3) is 0.208. The highest BCUT2D eigenvalue weighted by Gasteiger charge is 2.20. The van der Waals surface area contributed by atoms with Crippen LogP contribution in [-0.2, 0) is 11.3 Å². The summed E-state index contributed by atoms with van der Waals surface area (Å²) in [5.74, 6) is 1.37. The number of benzene rings is 2. The minimum Gasteiger partial charge on any atom is -0.490 e. The Labute approximate surface area is 180 Å². The van der Waals surface area contributed by atoms with Gasteiger partial charge in [0.15, 0.2) is 11.5 Å². The quantitative estimate of drug-likeness (QED) is 0.382. The van der Waals surface area contributed by atoms with Crippen molar-refractivity contribution in [2.24, 2.45) is 0 Å². The number of fused-ring (bicyclic) bond motifs is 1. The molecule has 0 saturated heterocycles. The van der Waals surface area contributed by atoms with E-state index < -0.39 is 0 Å². The highest BCUT2D eigenvalue weighted by Crippen LogP contribution is 2.36. The maximum atomic E-state index is 6.02. The van der Waals surface area contributed by atoms with E-state index in [0.717, 1.165) is 27.7 Å². The maximum absolute atomic E-state index is 6.02. The Bertz CT molecular complexity index is 1120. The van der Waals surface area contributed by atoms with Gasteiger partial charge < -0.3 is 19.2 Å². The maximum Gasteiger partial charge on any atom is 0.161 e. The smallest absolute Gasteiger partial charge is 0.161 e. The number of halogens is 1. The molecule has 2 heterocycles. The van der Waals surface area contributed by atoms with Gasteiger partial charge in [0.2, 0.25) is 0 Å². The standard InChI is InChI=1S/C24H23ClN2O3/c1-3-29-22-13-17(8-11-21(22)30-15-16-6-9-18(25)10-7-16)23(28-2)20-14-27-24-19(20)5-4-12-26-24/h4-14,23H,3,15H2,1-2H3,(H,26,27). The number of ether oxygens (including phenoxy) is 3. The van der Waals surface area contributed by atoms with Gasteiger partial charge in [-0.3, -0.25) is 0 Å². The zero-order valence-corrected chi connectivity index (χ0v) is 17.6. The molecule has 0 spiro atoms. The van der Waals surface area contributed by atoms with Crippen molar-refractivity contribution in [1.82, 2.24) is 9.97 Å². The van der Waals surface area contributed by atoms with Crippen molar-refractivity contribution < 1.29 is 14.2 Å². The van der Waals surface area contributed by atoms with Crippen molar-refractivity contribution in [2.45, 2.75) is 19.6 Å². The Morgan fingerprint density at radius 2 is 1.87 bits per heavy atom. The Hall–Kier alpha value is -3.02. The number of aromatic amines is 1. The highest BCUT2D eigenvalue weighted by atomic mass is 35.5. The first-order valence-corrected chi connectivity index (χ1v) is 10.2. The molecule has 0 aliphatic rings. The van der Waals surface area contributed by atoms with E-state index >= 15 is 0 Å². The molecule has 4 rings (SSSR count). The summed E-state index contributed by atoms with van der Waals surface area (Å²) in [6.07, 6.45) is 3.45. The fourth-order valence-corrected chi connectivity index (χ4v) is 3.58. The fourth-order valence-electron chi connectivity index (χ4n) is 3.45. The molecule has 0 amide bonds. The Balaban J connectivity index is 1.61. The van der Waals surface area contributed by atoms with Crippen LogP contribution in [0.25, 0.3) is 11.0 Å². The third kappa shape index (κ3) is 4.27. The summed E-state index contributed by atoms with van der Waals surface area (Å²) in [4.78, 5) is 7.58. The number of methoxy groups -OCH3 is 1. The molecule has 0 aliphatic heterocycles. The second kappa shape index (κ2) is 9.20. The number of rotatable bonds is 8. The Morgan fingerprint density at radius 3 is 2.63 bits per heavy atom. The van der Waals surface area contributed by atoms with Crippen LogP contribution in [0.1, 0.15) is 29.7 Å². The van der Waals surface area contributed by atoms with Gasteiger partial charge in [0.25, 0.3) is 0 Å². The number of H-pyrrole nitrogens is 1. The summed E-state index contributed by atoms with van der Waals surface area (Å²) >= 11 is 5.96. The Morgan fingerprint density at radius 1 is 1.03 bits per heavy atom. The van der Waals surface area contributed by atoms with E-state index in [1.165, 1.54) is 0 Å². The lowest BCUT2D eigenvalue weighted by Crippen LogP contribution is -2.05. The monoisotopic (exact) mass is 422 g/mol. The normalized spacial score (nSPS) is 12.1. The molecule has 0 saturated carbocycles. The summed E-state index contributed by atoms with van der Waals surface area (Å²) in [7, 11) is 1.70. The lowest BCUT2D eigenvalue weighted by atomic mass is 10.0. The first-order valence-electron chi connectivity index (χ1n) is 9.78. The number of hydrogen-bond acceptors (Lipinski definition) is 4. The van der Waals surface area contributed by atoms with E-state index in [9.17, 15) is 0 Å². The van der Waals surface area contributed by atoms with Gasteiger partial charge in [-0.2, -0.15) is 0 Å². The van der Waals surface area contributed by atoms with E-state index in [-0.39, 0.29) is 6.10 Å². The van der Waals surface area contributed by atoms with Crippen LogP contribution in [0.5, 0.6) is 11.5 Å². The van der Waals surface area contributed by atoms with Crippen molar-refractivity contribution in [3.8, 4) is 11.5 Å². The van der Waals surface area contributed by atoms with Gasteiger partial charge in [-0.25, -0.2) is 4.98 Å². The Kier molecular flexibility index (Phi) is 6.21. The second-order valence-corrected chi connectivity index (χ2v) is 7.25. The number of nitrogens with one attached hydrogen (secondary N) is 1. The summed E-state index contributed by atoms with van der Waals surface area (Å²) in [6.45, 7) is 2.92. The van der Waals surface area contributed by atoms with Gasteiger partial charge in [-0.15, -0.1) is 0 Å². The van der Waals surface area contributed by atoms with Gasteiger partial charge in [-0.05, 0) is 54.4 Å². The van der Waals surface area contributed by atoms with Crippen LogP contribution in [0.3, 0.4) is 0 Å². The SMILES string of the molecule is CCOc1cc(C(OC)c2c[nH]c3ncccc23)ccc1OCc1ccc(Cl)cc1. The van der Waals surface area contributed by atoms with Gasteiger partial charge in [0.05, 0.1) is 6.61 Å². The third-order valence-corrected chi connectivity index (χ3v) is 5.13. The molecule has 30 heavy (non-hydrogen) atoms. The molecule has 0 aliphatic carbocycles. The van der Waals surface area contributed by atoms with Crippen molar-refractivity contribution >= 4 is 22.6 Å². The molecule has 4 aromatic rings. The van der Waals surface area contributed by atoms with Crippen LogP contribution in [0.4, 0.5) is 0 Å². The average Bonchev–Trinajstić information content (AvgIpc) is 3.19. The van der Waals surface area contributed by atoms with Gasteiger partial charge in [0.1, 0.15) is 18.4 Å². The van der Waals surface area contributed by atoms with Crippen LogP contribution in [0, 0.1) is 0 Å². The zero-order chi connectivity index (χ0) is 20.9. The van der Waals surface area contributed by atoms with Crippen molar-refractivity contribution in [3.63, 3.8) is 0 Å². The predicted octanol–water partition coefficient (Wildman–Crippen LogP) is 5.93. The molecule has 1 N–H and O–H groups in total. The van der Waals surface area contributed by atoms with Crippen LogP contribution < -0.4 is 9.47 Å². The molecule has 2 aromatic carbocycles. The summed E-state index contributed by atoms with van der Waals surface area (Å²) < 4.78 is 17.7. The molecule has 0 radical (unpaired) electrons. The largest absolute Gasteiger partial charge is 0.490 e. The molecule has 154 valence electrons. The van der Waals surface area contributed by atoms with Gasteiger partial charge in [0, 0.05) is 35.5 Å². The van der Waals surface area contributed by atoms with Crippen LogP contribution in [-0.4, -0.2) is 23.7 Å². The third-order valence-electron chi connectivity index (χ3n) is 4.88. The first kappa shape index (κ1) is 20.3. The molecule has 6 heteroatoms. The van der Waals surface area contributed by atoms with Gasteiger partial charge >= 0.3 is 0 Å². The molecule has 1 atom stereocenters. The van der Waals surface area contributed by atoms with Crippen molar-refractivity contribution in [3.05, 3.63) is 88.7 Å². The second-order valence-electron chi connectivity index (χ2n) is 6.81. The lowest BCUT2D eigenvalue weighted by Gasteiger charge is -2.18. The minimum atomic E-state index is -0.257. The first-order chi connectivity index (χ1) is 14.7. The number of hydrogen-bond donors (Lipinski definition) is 1. The van der Waals surface area contributed by atoms with E-state index in [1.807, 2.05) is 67.7 Å². The summed E-state index contributed by atoms with van der Waals surface area (Å²) in [5.41, 5.74) is 3.87. The molecule has 0 fully saturated rings. The average molecular weight is 423 g/mol. The van der Waals surface area contributed by atoms with E-state index in [0.29, 0.717) is 29.7 Å². The topological polar surface area (TPSA) is 56.4 Å². The molecule has 5 nitrogen and oxygen atoms in total. The zero-order valence-electron chi connectivity index (χ0n) is 16.9. The van der Waals surface area contributed by atoms with Crippen molar-refractivity contribution in [1.29, 1.82) is 0 Å². The number of pyridine rings is 1. The van der Waals surface area contributed by atoms with E-state index in [1.54, 1.807) is 13.3 Å². The van der Waals surface area contributed by atoms with Crippen LogP contribution >= 0.6 is 11.6 Å². The molecule has 2 aromatic heterocycles. The van der Waals surface area contributed by atoms with Gasteiger partial charge in [-0.1, -0.05) is 29.8 Å². The van der Waals surface area contributed by atoms with E-state index in [4.69, 9.17) is 25.8 Å². The molecule has 0 bridgehead atoms. The highest BCUT2D eigenvalue weighted by molar-refractivity contribution is 6.30. The van der Waals surface area contributed by atoms with Crippen molar-refractivity contribution in [2.75, 3.05) is 13.7 Å². The number of nitrogens with zero attached hydrogens (tertiary/aromatic N) is 1.